The van der Waals surface area contributed by atoms with Crippen LogP contribution in [0.1, 0.15) is 11.1 Å². The third kappa shape index (κ3) is 4.92. The zero-order valence-electron chi connectivity index (χ0n) is 16.4. The zero-order chi connectivity index (χ0) is 21.7. The van der Waals surface area contributed by atoms with Crippen LogP contribution in [0.2, 0.25) is 0 Å². The number of aromatic amines is 1. The van der Waals surface area contributed by atoms with Gasteiger partial charge in [-0.3, -0.25) is 4.79 Å². The molecular weight excluding hydrogens is 393 g/mol. The standard InChI is InChI=1S/C23H21F3N2O2/c1-14(10-18(30-2)11-15-4-3-5-20(25)22(15)26)23(29)27-9-8-16-13-28-21-7-6-17(24)12-19(16)21/h3-7,10,12-13,28H,1,8-9,11H2,2H3,(H,27,29)/b18-10-. The topological polar surface area (TPSA) is 54.1 Å². The predicted molar refractivity (Wildman–Crippen MR) is 109 cm³/mol. The SMILES string of the molecule is C=C(/C=C(/Cc1cccc(F)c1F)OC)C(=O)NCCc1c[nH]c2ccc(F)cc12. The minimum absolute atomic E-state index is 0.0205. The van der Waals surface area contributed by atoms with Gasteiger partial charge in [0, 0.05) is 35.6 Å². The van der Waals surface area contributed by atoms with Crippen LogP contribution in [0, 0.1) is 17.5 Å². The highest BCUT2D eigenvalue weighted by Gasteiger charge is 2.12. The highest BCUT2D eigenvalue weighted by atomic mass is 19.2. The van der Waals surface area contributed by atoms with Gasteiger partial charge < -0.3 is 15.0 Å². The second-order valence-corrected chi connectivity index (χ2v) is 6.74. The number of aromatic nitrogens is 1. The summed E-state index contributed by atoms with van der Waals surface area (Å²) in [4.78, 5) is 15.4. The molecule has 0 radical (unpaired) electrons. The molecule has 0 unspecified atom stereocenters. The fourth-order valence-electron chi connectivity index (χ4n) is 3.10. The lowest BCUT2D eigenvalue weighted by molar-refractivity contribution is -0.117. The van der Waals surface area contributed by atoms with Crippen molar-refractivity contribution >= 4 is 16.8 Å². The third-order valence-corrected chi connectivity index (χ3v) is 4.69. The van der Waals surface area contributed by atoms with Gasteiger partial charge in [-0.1, -0.05) is 18.7 Å². The summed E-state index contributed by atoms with van der Waals surface area (Å²) in [5, 5.41) is 3.50. The largest absolute Gasteiger partial charge is 0.501 e. The Bertz CT molecular complexity index is 1120. The number of methoxy groups -OCH3 is 1. The van der Waals surface area contributed by atoms with E-state index in [2.05, 4.69) is 16.9 Å². The Labute approximate surface area is 172 Å². The van der Waals surface area contributed by atoms with E-state index < -0.39 is 17.5 Å². The lowest BCUT2D eigenvalue weighted by Gasteiger charge is -2.10. The van der Waals surface area contributed by atoms with Gasteiger partial charge in [-0.05, 0) is 47.9 Å². The zero-order valence-corrected chi connectivity index (χ0v) is 16.4. The van der Waals surface area contributed by atoms with E-state index in [-0.39, 0.29) is 29.1 Å². The number of carbonyl (C=O) groups is 1. The number of rotatable bonds is 8. The van der Waals surface area contributed by atoms with E-state index in [0.29, 0.717) is 13.0 Å². The molecule has 156 valence electrons. The minimum atomic E-state index is -0.953. The van der Waals surface area contributed by atoms with Crippen molar-refractivity contribution in [3.63, 3.8) is 0 Å². The lowest BCUT2D eigenvalue weighted by Crippen LogP contribution is -2.26. The average Bonchev–Trinajstić information content (AvgIpc) is 3.12. The molecule has 3 aromatic rings. The summed E-state index contributed by atoms with van der Waals surface area (Å²) in [7, 11) is 1.38. The Hall–Kier alpha value is -3.48. The van der Waals surface area contributed by atoms with Gasteiger partial charge in [0.1, 0.15) is 11.6 Å². The third-order valence-electron chi connectivity index (χ3n) is 4.69. The summed E-state index contributed by atoms with van der Waals surface area (Å²) in [5.74, 6) is -2.38. The maximum absolute atomic E-state index is 13.8. The number of H-pyrrole nitrogens is 1. The van der Waals surface area contributed by atoms with Crippen molar-refractivity contribution in [3.05, 3.63) is 95.2 Å². The molecule has 2 aromatic carbocycles. The molecule has 2 N–H and O–H groups in total. The van der Waals surface area contributed by atoms with Crippen LogP contribution in [-0.4, -0.2) is 24.5 Å². The molecule has 1 amide bonds. The maximum atomic E-state index is 13.8. The molecule has 0 aliphatic rings. The van der Waals surface area contributed by atoms with E-state index in [4.69, 9.17) is 4.74 Å². The normalized spacial score (nSPS) is 11.5. The number of hydrogen-bond donors (Lipinski definition) is 2. The Kier molecular flexibility index (Phi) is 6.61. The summed E-state index contributed by atoms with van der Waals surface area (Å²) >= 11 is 0. The van der Waals surface area contributed by atoms with Crippen molar-refractivity contribution in [1.82, 2.24) is 10.3 Å². The van der Waals surface area contributed by atoms with Crippen molar-refractivity contribution in [1.29, 1.82) is 0 Å². The quantitative estimate of drug-likeness (QED) is 0.322. The smallest absolute Gasteiger partial charge is 0.250 e. The molecule has 3 rings (SSSR count). The minimum Gasteiger partial charge on any atom is -0.501 e. The first kappa shape index (κ1) is 21.2. The average molecular weight is 414 g/mol. The molecule has 4 nitrogen and oxygen atoms in total. The van der Waals surface area contributed by atoms with Crippen molar-refractivity contribution in [2.45, 2.75) is 12.8 Å². The molecule has 0 spiro atoms. The molecule has 0 aliphatic heterocycles. The molecule has 7 heteroatoms. The summed E-state index contributed by atoms with van der Waals surface area (Å²) in [6.07, 6.45) is 3.65. The van der Waals surface area contributed by atoms with Crippen molar-refractivity contribution in [3.8, 4) is 0 Å². The number of hydrogen-bond acceptors (Lipinski definition) is 2. The molecule has 0 saturated carbocycles. The van der Waals surface area contributed by atoms with Gasteiger partial charge in [-0.2, -0.15) is 0 Å². The van der Waals surface area contributed by atoms with E-state index in [1.807, 2.05) is 0 Å². The van der Waals surface area contributed by atoms with E-state index in [0.717, 1.165) is 22.5 Å². The van der Waals surface area contributed by atoms with Gasteiger partial charge in [0.2, 0.25) is 0 Å². The Morgan fingerprint density at radius 3 is 2.77 bits per heavy atom. The van der Waals surface area contributed by atoms with Crippen molar-refractivity contribution in [2.75, 3.05) is 13.7 Å². The number of halogens is 3. The van der Waals surface area contributed by atoms with E-state index in [1.54, 1.807) is 12.3 Å². The molecule has 0 saturated heterocycles. The molecule has 0 aliphatic carbocycles. The molecule has 30 heavy (non-hydrogen) atoms. The Morgan fingerprint density at radius 1 is 1.20 bits per heavy atom. The van der Waals surface area contributed by atoms with Crippen LogP contribution in [-0.2, 0) is 22.4 Å². The molecule has 1 heterocycles. The van der Waals surface area contributed by atoms with Gasteiger partial charge in [-0.25, -0.2) is 13.2 Å². The summed E-state index contributed by atoms with van der Waals surface area (Å²) in [6.45, 7) is 4.02. The highest BCUT2D eigenvalue weighted by molar-refractivity contribution is 5.95. The van der Waals surface area contributed by atoms with Gasteiger partial charge in [0.25, 0.3) is 5.91 Å². The maximum Gasteiger partial charge on any atom is 0.250 e. The number of nitrogens with one attached hydrogen (secondary N) is 2. The number of allylic oxidation sites excluding steroid dienone is 1. The summed E-state index contributed by atoms with van der Waals surface area (Å²) < 4.78 is 45.8. The number of amides is 1. The fourth-order valence-corrected chi connectivity index (χ4v) is 3.10. The van der Waals surface area contributed by atoms with Crippen LogP contribution >= 0.6 is 0 Å². The van der Waals surface area contributed by atoms with Crippen LogP contribution in [0.4, 0.5) is 13.2 Å². The summed E-state index contributed by atoms with van der Waals surface area (Å²) in [5.41, 5.74) is 1.93. The van der Waals surface area contributed by atoms with Crippen LogP contribution in [0.15, 0.2) is 66.6 Å². The van der Waals surface area contributed by atoms with Gasteiger partial charge in [-0.15, -0.1) is 0 Å². The number of benzene rings is 2. The van der Waals surface area contributed by atoms with Crippen LogP contribution < -0.4 is 5.32 Å². The number of ether oxygens (including phenoxy) is 1. The van der Waals surface area contributed by atoms with E-state index in [9.17, 15) is 18.0 Å². The van der Waals surface area contributed by atoms with Crippen LogP contribution in [0.25, 0.3) is 10.9 Å². The van der Waals surface area contributed by atoms with Gasteiger partial charge >= 0.3 is 0 Å². The molecule has 0 bridgehead atoms. The predicted octanol–water partition coefficient (Wildman–Crippen LogP) is 4.57. The molecular formula is C23H21F3N2O2. The molecule has 0 fully saturated rings. The first-order valence-electron chi connectivity index (χ1n) is 9.29. The van der Waals surface area contributed by atoms with E-state index in [1.165, 1.54) is 37.5 Å². The van der Waals surface area contributed by atoms with Gasteiger partial charge in [0.15, 0.2) is 11.6 Å². The lowest BCUT2D eigenvalue weighted by atomic mass is 10.1. The second-order valence-electron chi connectivity index (χ2n) is 6.74. The van der Waals surface area contributed by atoms with Gasteiger partial charge in [0.05, 0.1) is 7.11 Å². The fraction of sp³-hybridized carbons (Fsp3) is 0.174. The number of fused-ring (bicyclic) bond motifs is 1. The van der Waals surface area contributed by atoms with Crippen molar-refractivity contribution in [2.24, 2.45) is 0 Å². The van der Waals surface area contributed by atoms with Crippen molar-refractivity contribution < 1.29 is 22.7 Å². The first-order valence-corrected chi connectivity index (χ1v) is 9.29. The summed E-state index contributed by atoms with van der Waals surface area (Å²) in [6, 6.07) is 8.36. The molecule has 1 aromatic heterocycles. The highest BCUT2D eigenvalue weighted by Crippen LogP contribution is 2.20. The van der Waals surface area contributed by atoms with Crippen LogP contribution in [0.5, 0.6) is 0 Å². The molecule has 0 atom stereocenters. The van der Waals surface area contributed by atoms with Crippen LogP contribution in [0.3, 0.4) is 0 Å². The first-order chi connectivity index (χ1) is 14.4. The monoisotopic (exact) mass is 414 g/mol. The van der Waals surface area contributed by atoms with E-state index >= 15 is 0 Å². The Morgan fingerprint density at radius 2 is 2.00 bits per heavy atom. The Balaban J connectivity index is 1.59. The number of carbonyl (C=O) groups excluding carboxylic acids is 1. The second kappa shape index (κ2) is 9.35.